The highest BCUT2D eigenvalue weighted by Crippen LogP contribution is 2.19. The van der Waals surface area contributed by atoms with Crippen LogP contribution in [0.2, 0.25) is 0 Å². The molecule has 0 bridgehead atoms. The Labute approximate surface area is 110 Å². The normalized spacial score (nSPS) is 11.2. The summed E-state index contributed by atoms with van der Waals surface area (Å²) in [5, 5.41) is 10.1. The van der Waals surface area contributed by atoms with Crippen molar-refractivity contribution in [3.8, 4) is 0 Å². The molecule has 96 valence electrons. The van der Waals surface area contributed by atoms with Crippen molar-refractivity contribution in [2.45, 2.75) is 40.2 Å². The second-order valence-corrected chi connectivity index (χ2v) is 5.67. The van der Waals surface area contributed by atoms with Crippen LogP contribution in [0.1, 0.15) is 41.0 Å². The van der Waals surface area contributed by atoms with Gasteiger partial charge in [0.1, 0.15) is 10.0 Å². The van der Waals surface area contributed by atoms with Crippen LogP contribution in [0.15, 0.2) is 11.1 Å². The standard InChI is InChI=1S/C12H16N4OS/c1-7(2)11-15-14-10(18-11)5-16-6-13-9(4)8(3)12(16)17/h6-7H,5H2,1-4H3. The lowest BCUT2D eigenvalue weighted by Gasteiger charge is -2.04. The van der Waals surface area contributed by atoms with Crippen molar-refractivity contribution in [2.24, 2.45) is 0 Å². The topological polar surface area (TPSA) is 60.7 Å². The average Bonchev–Trinajstić information content (AvgIpc) is 2.79. The van der Waals surface area contributed by atoms with Crippen LogP contribution in [0.5, 0.6) is 0 Å². The SMILES string of the molecule is Cc1ncn(Cc2nnc(C(C)C)s2)c(=O)c1C. The van der Waals surface area contributed by atoms with Gasteiger partial charge in [0.25, 0.3) is 5.56 Å². The Balaban J connectivity index is 2.29. The smallest absolute Gasteiger partial charge is 0.256 e. The number of aromatic nitrogens is 4. The van der Waals surface area contributed by atoms with Crippen LogP contribution in [-0.4, -0.2) is 19.7 Å². The largest absolute Gasteiger partial charge is 0.292 e. The molecule has 5 nitrogen and oxygen atoms in total. The average molecular weight is 264 g/mol. The lowest BCUT2D eigenvalue weighted by atomic mass is 10.2. The van der Waals surface area contributed by atoms with Gasteiger partial charge >= 0.3 is 0 Å². The van der Waals surface area contributed by atoms with Gasteiger partial charge in [0, 0.05) is 17.2 Å². The van der Waals surface area contributed by atoms with Crippen LogP contribution in [0.25, 0.3) is 0 Å². The highest BCUT2D eigenvalue weighted by atomic mass is 32.1. The summed E-state index contributed by atoms with van der Waals surface area (Å²) in [6.45, 7) is 8.23. The van der Waals surface area contributed by atoms with E-state index in [2.05, 4.69) is 29.0 Å². The zero-order valence-corrected chi connectivity index (χ0v) is 11.8. The molecular formula is C12H16N4OS. The molecule has 0 saturated carbocycles. The van der Waals surface area contributed by atoms with Crippen LogP contribution in [0.3, 0.4) is 0 Å². The van der Waals surface area contributed by atoms with Crippen molar-refractivity contribution in [3.05, 3.63) is 38.0 Å². The summed E-state index contributed by atoms with van der Waals surface area (Å²) >= 11 is 1.54. The molecule has 18 heavy (non-hydrogen) atoms. The van der Waals surface area contributed by atoms with Gasteiger partial charge in [-0.2, -0.15) is 0 Å². The van der Waals surface area contributed by atoms with Gasteiger partial charge in [-0.3, -0.25) is 9.36 Å². The lowest BCUT2D eigenvalue weighted by molar-refractivity contribution is 0.707. The van der Waals surface area contributed by atoms with Crippen molar-refractivity contribution >= 4 is 11.3 Å². The maximum atomic E-state index is 12.0. The third-order valence-electron chi connectivity index (χ3n) is 2.80. The van der Waals surface area contributed by atoms with Crippen LogP contribution >= 0.6 is 11.3 Å². The second-order valence-electron chi connectivity index (χ2n) is 4.58. The molecule has 2 rings (SSSR count). The molecule has 0 saturated heterocycles. The summed E-state index contributed by atoms with van der Waals surface area (Å²) < 4.78 is 1.58. The molecule has 0 N–H and O–H groups in total. The minimum absolute atomic E-state index is 0.0104. The lowest BCUT2D eigenvalue weighted by Crippen LogP contribution is -2.24. The molecule has 0 radical (unpaired) electrons. The zero-order chi connectivity index (χ0) is 13.3. The number of aryl methyl sites for hydroxylation is 1. The number of nitrogens with zero attached hydrogens (tertiary/aromatic N) is 4. The molecule has 0 aliphatic carbocycles. The molecule has 0 aliphatic heterocycles. The van der Waals surface area contributed by atoms with Crippen molar-refractivity contribution in [2.75, 3.05) is 0 Å². The maximum Gasteiger partial charge on any atom is 0.256 e. The van der Waals surface area contributed by atoms with Crippen molar-refractivity contribution in [1.82, 2.24) is 19.7 Å². The first-order valence-corrected chi connectivity index (χ1v) is 6.65. The van der Waals surface area contributed by atoms with E-state index >= 15 is 0 Å². The van der Waals surface area contributed by atoms with Gasteiger partial charge in [0.15, 0.2) is 0 Å². The van der Waals surface area contributed by atoms with Crippen LogP contribution in [-0.2, 0) is 6.54 Å². The van der Waals surface area contributed by atoms with Crippen molar-refractivity contribution in [3.63, 3.8) is 0 Å². The van der Waals surface area contributed by atoms with Gasteiger partial charge in [-0.1, -0.05) is 25.2 Å². The third-order valence-corrected chi connectivity index (χ3v) is 4.01. The van der Waals surface area contributed by atoms with Crippen LogP contribution < -0.4 is 5.56 Å². The Morgan fingerprint density at radius 2 is 2.06 bits per heavy atom. The molecular weight excluding hydrogens is 248 g/mol. The van der Waals surface area contributed by atoms with E-state index in [1.165, 1.54) is 0 Å². The quantitative estimate of drug-likeness (QED) is 0.849. The Kier molecular flexibility index (Phi) is 3.56. The molecule has 2 heterocycles. The van der Waals surface area contributed by atoms with Gasteiger partial charge < -0.3 is 0 Å². The fourth-order valence-electron chi connectivity index (χ4n) is 1.50. The summed E-state index contributed by atoms with van der Waals surface area (Å²) in [4.78, 5) is 16.2. The second kappa shape index (κ2) is 4.97. The molecule has 0 amide bonds. The molecule has 2 aromatic rings. The van der Waals surface area contributed by atoms with E-state index in [1.807, 2.05) is 6.92 Å². The Morgan fingerprint density at radius 1 is 1.33 bits per heavy atom. The Hall–Kier alpha value is -1.56. The molecule has 0 atom stereocenters. The van der Waals surface area contributed by atoms with Crippen molar-refractivity contribution < 1.29 is 0 Å². The first kappa shape index (κ1) is 12.9. The molecule has 2 aromatic heterocycles. The highest BCUT2D eigenvalue weighted by molar-refractivity contribution is 7.11. The van der Waals surface area contributed by atoms with Gasteiger partial charge in [0.2, 0.25) is 0 Å². The molecule has 0 fully saturated rings. The van der Waals surface area contributed by atoms with E-state index in [4.69, 9.17) is 0 Å². The highest BCUT2D eigenvalue weighted by Gasteiger charge is 2.10. The van der Waals surface area contributed by atoms with E-state index in [1.54, 1.807) is 29.2 Å². The van der Waals surface area contributed by atoms with Crippen molar-refractivity contribution in [1.29, 1.82) is 0 Å². The van der Waals surface area contributed by atoms with E-state index in [0.29, 0.717) is 18.0 Å². The fourth-order valence-corrected chi connectivity index (χ4v) is 2.34. The first-order valence-electron chi connectivity index (χ1n) is 5.84. The summed E-state index contributed by atoms with van der Waals surface area (Å²) in [6.07, 6.45) is 1.57. The summed E-state index contributed by atoms with van der Waals surface area (Å²) in [7, 11) is 0. The summed E-state index contributed by atoms with van der Waals surface area (Å²) in [5.74, 6) is 0.367. The molecule has 0 unspecified atom stereocenters. The van der Waals surface area contributed by atoms with Gasteiger partial charge in [-0.25, -0.2) is 4.98 Å². The summed E-state index contributed by atoms with van der Waals surface area (Å²) in [5.41, 5.74) is 1.45. The molecule has 0 aliphatic rings. The number of rotatable bonds is 3. The predicted octanol–water partition coefficient (Wildman–Crippen LogP) is 1.88. The van der Waals surface area contributed by atoms with E-state index in [9.17, 15) is 4.79 Å². The molecule has 0 aromatic carbocycles. The minimum Gasteiger partial charge on any atom is -0.292 e. The third kappa shape index (κ3) is 2.48. The van der Waals surface area contributed by atoms with Gasteiger partial charge in [0.05, 0.1) is 12.9 Å². The fraction of sp³-hybridized carbons (Fsp3) is 0.500. The van der Waals surface area contributed by atoms with E-state index in [-0.39, 0.29) is 5.56 Å². The summed E-state index contributed by atoms with van der Waals surface area (Å²) in [6, 6.07) is 0. The van der Waals surface area contributed by atoms with E-state index < -0.39 is 0 Å². The Morgan fingerprint density at radius 3 is 2.67 bits per heavy atom. The zero-order valence-electron chi connectivity index (χ0n) is 11.0. The van der Waals surface area contributed by atoms with Crippen LogP contribution in [0, 0.1) is 13.8 Å². The maximum absolute atomic E-state index is 12.0. The molecule has 0 spiro atoms. The molecule has 6 heteroatoms. The van der Waals surface area contributed by atoms with Crippen LogP contribution in [0.4, 0.5) is 0 Å². The minimum atomic E-state index is -0.0104. The number of hydrogen-bond donors (Lipinski definition) is 0. The van der Waals surface area contributed by atoms with Gasteiger partial charge in [-0.05, 0) is 13.8 Å². The van der Waals surface area contributed by atoms with E-state index in [0.717, 1.165) is 15.7 Å². The predicted molar refractivity (Wildman–Crippen MR) is 71.1 cm³/mol. The Bertz CT molecular complexity index is 615. The number of hydrogen-bond acceptors (Lipinski definition) is 5. The monoisotopic (exact) mass is 264 g/mol. The van der Waals surface area contributed by atoms with Gasteiger partial charge in [-0.15, -0.1) is 10.2 Å². The first-order chi connectivity index (χ1) is 8.49.